The zero-order chi connectivity index (χ0) is 23.8. The van der Waals surface area contributed by atoms with Crippen LogP contribution in [0.25, 0.3) is 0 Å². The van der Waals surface area contributed by atoms with Crippen LogP contribution in [-0.2, 0) is 0 Å². The van der Waals surface area contributed by atoms with Crippen LogP contribution >= 0.6 is 0 Å². The Kier molecular flexibility index (Phi) is 21.3. The van der Waals surface area contributed by atoms with Gasteiger partial charge in [0, 0.05) is 25.5 Å². The summed E-state index contributed by atoms with van der Waals surface area (Å²) in [5.41, 5.74) is 0. The van der Waals surface area contributed by atoms with Crippen molar-refractivity contribution in [3.05, 3.63) is 12.4 Å². The molecule has 0 saturated heterocycles. The minimum Gasteiger partial charge on any atom is -0.356 e. The van der Waals surface area contributed by atoms with Gasteiger partial charge in [0.25, 0.3) is 0 Å². The van der Waals surface area contributed by atoms with Gasteiger partial charge in [-0.25, -0.2) is 0 Å². The molecule has 0 spiro atoms. The molecule has 2 heteroatoms. The molecular weight excluding hydrogens is 400 g/mol. The van der Waals surface area contributed by atoms with Crippen LogP contribution in [0.3, 0.4) is 0 Å². The van der Waals surface area contributed by atoms with Crippen LogP contribution in [-0.4, -0.2) is 29.1 Å². The average molecular weight is 463 g/mol. The highest BCUT2D eigenvalue weighted by atomic mass is 15.4. The predicted octanol–water partition coefficient (Wildman–Crippen LogP) is 10.4. The summed E-state index contributed by atoms with van der Waals surface area (Å²) in [4.78, 5) is 5.31. The minimum atomic E-state index is 0.643. The summed E-state index contributed by atoms with van der Waals surface area (Å²) in [6, 6.07) is 0. The molecule has 0 radical (unpaired) electrons. The van der Waals surface area contributed by atoms with Crippen LogP contribution < -0.4 is 0 Å². The highest BCUT2D eigenvalue weighted by Crippen LogP contribution is 2.23. The van der Waals surface area contributed by atoms with Gasteiger partial charge in [-0.15, -0.1) is 0 Å². The van der Waals surface area contributed by atoms with E-state index in [0.29, 0.717) is 6.17 Å². The molecule has 0 aromatic carbocycles. The molecule has 1 aliphatic heterocycles. The zero-order valence-corrected chi connectivity index (χ0v) is 23.3. The van der Waals surface area contributed by atoms with Crippen LogP contribution in [0.4, 0.5) is 0 Å². The van der Waals surface area contributed by atoms with E-state index in [1.165, 1.54) is 161 Å². The van der Waals surface area contributed by atoms with E-state index in [-0.39, 0.29) is 0 Å². The highest BCUT2D eigenvalue weighted by molar-refractivity contribution is 4.96. The molecule has 1 heterocycles. The molecule has 1 unspecified atom stereocenters. The van der Waals surface area contributed by atoms with Crippen molar-refractivity contribution in [3.63, 3.8) is 0 Å². The van der Waals surface area contributed by atoms with E-state index in [4.69, 9.17) is 0 Å². The second-order valence-corrected chi connectivity index (χ2v) is 10.8. The maximum atomic E-state index is 2.67. The first kappa shape index (κ1) is 30.4. The molecule has 0 aromatic heterocycles. The quantitative estimate of drug-likeness (QED) is 0.124. The largest absolute Gasteiger partial charge is 0.356 e. The Morgan fingerprint density at radius 1 is 0.394 bits per heavy atom. The maximum absolute atomic E-state index is 2.67. The lowest BCUT2D eigenvalue weighted by Gasteiger charge is -2.33. The maximum Gasteiger partial charge on any atom is 0.101 e. The summed E-state index contributed by atoms with van der Waals surface area (Å²) in [5, 5.41) is 0. The Hall–Kier alpha value is -0.660. The van der Waals surface area contributed by atoms with Gasteiger partial charge in [0.05, 0.1) is 0 Å². The molecule has 33 heavy (non-hydrogen) atoms. The van der Waals surface area contributed by atoms with E-state index in [1.807, 2.05) is 0 Å². The zero-order valence-electron chi connectivity index (χ0n) is 23.3. The Balaban J connectivity index is 2.09. The van der Waals surface area contributed by atoms with Gasteiger partial charge < -0.3 is 9.80 Å². The van der Waals surface area contributed by atoms with Crippen molar-refractivity contribution < 1.29 is 0 Å². The Labute approximate surface area is 210 Å². The number of hydrogen-bond acceptors (Lipinski definition) is 2. The molecular formula is C31H62N2. The molecule has 0 fully saturated rings. The van der Waals surface area contributed by atoms with Crippen LogP contribution in [0.15, 0.2) is 12.4 Å². The first-order valence-electron chi connectivity index (χ1n) is 15.5. The van der Waals surface area contributed by atoms with Crippen LogP contribution in [0.5, 0.6) is 0 Å². The summed E-state index contributed by atoms with van der Waals surface area (Å²) in [5.74, 6) is 0. The van der Waals surface area contributed by atoms with Crippen LogP contribution in [0.1, 0.15) is 168 Å². The highest BCUT2D eigenvalue weighted by Gasteiger charge is 2.24. The second-order valence-electron chi connectivity index (χ2n) is 10.8. The second kappa shape index (κ2) is 23.1. The molecule has 1 atom stereocenters. The first-order valence-corrected chi connectivity index (χ1v) is 15.5. The van der Waals surface area contributed by atoms with Crippen LogP contribution in [0.2, 0.25) is 0 Å². The molecule has 1 aliphatic rings. The standard InChI is InChI=1S/C31H62N2/c1-4-7-10-12-14-15-16-17-18-19-21-23-25-28-33-30-29-32(27-9-6-3)31(33)26-24-22-20-13-11-8-5-2/h29-31H,4-28H2,1-3H3. The van der Waals surface area contributed by atoms with Crippen molar-refractivity contribution in [2.24, 2.45) is 0 Å². The summed E-state index contributed by atoms with van der Waals surface area (Å²) < 4.78 is 0. The normalized spacial score (nSPS) is 15.8. The molecule has 0 saturated carbocycles. The van der Waals surface area contributed by atoms with Gasteiger partial charge in [-0.05, 0) is 25.7 Å². The van der Waals surface area contributed by atoms with Crippen molar-refractivity contribution in [2.75, 3.05) is 13.1 Å². The lowest BCUT2D eigenvalue weighted by molar-refractivity contribution is 0.136. The van der Waals surface area contributed by atoms with Crippen molar-refractivity contribution in [3.8, 4) is 0 Å². The molecule has 0 aromatic rings. The van der Waals surface area contributed by atoms with Crippen LogP contribution in [0, 0.1) is 0 Å². The molecule has 0 aliphatic carbocycles. The van der Waals surface area contributed by atoms with Crippen molar-refractivity contribution in [2.45, 2.75) is 175 Å². The van der Waals surface area contributed by atoms with Crippen molar-refractivity contribution in [1.82, 2.24) is 9.80 Å². The Bertz CT molecular complexity index is 419. The van der Waals surface area contributed by atoms with E-state index in [9.17, 15) is 0 Å². The van der Waals surface area contributed by atoms with Crippen molar-refractivity contribution >= 4 is 0 Å². The molecule has 196 valence electrons. The SMILES string of the molecule is CCCCCCCCCCCCCCCN1C=CN(CCCC)C1CCCCCCCCC. The third-order valence-electron chi connectivity index (χ3n) is 7.57. The van der Waals surface area contributed by atoms with Gasteiger partial charge in [0.1, 0.15) is 6.17 Å². The summed E-state index contributed by atoms with van der Waals surface area (Å²) in [7, 11) is 0. The number of unbranched alkanes of at least 4 members (excludes halogenated alkanes) is 19. The van der Waals surface area contributed by atoms with E-state index < -0.39 is 0 Å². The van der Waals surface area contributed by atoms with E-state index >= 15 is 0 Å². The third-order valence-corrected chi connectivity index (χ3v) is 7.57. The third kappa shape index (κ3) is 16.6. The van der Waals surface area contributed by atoms with E-state index in [2.05, 4.69) is 43.0 Å². The minimum absolute atomic E-state index is 0.643. The molecule has 0 bridgehead atoms. The summed E-state index contributed by atoms with van der Waals surface area (Å²) in [6.45, 7) is 9.43. The molecule has 0 N–H and O–H groups in total. The van der Waals surface area contributed by atoms with E-state index in [1.54, 1.807) is 0 Å². The van der Waals surface area contributed by atoms with Gasteiger partial charge in [-0.1, -0.05) is 143 Å². The van der Waals surface area contributed by atoms with Gasteiger partial charge in [-0.2, -0.15) is 0 Å². The molecule has 2 nitrogen and oxygen atoms in total. The van der Waals surface area contributed by atoms with E-state index in [0.717, 1.165) is 0 Å². The Morgan fingerprint density at radius 3 is 1.15 bits per heavy atom. The average Bonchev–Trinajstić information content (AvgIpc) is 3.21. The molecule has 1 rings (SSSR count). The van der Waals surface area contributed by atoms with Crippen molar-refractivity contribution in [1.29, 1.82) is 0 Å². The predicted molar refractivity (Wildman–Crippen MR) is 150 cm³/mol. The lowest BCUT2D eigenvalue weighted by Crippen LogP contribution is -2.39. The Morgan fingerprint density at radius 2 is 0.727 bits per heavy atom. The smallest absolute Gasteiger partial charge is 0.101 e. The van der Waals surface area contributed by atoms with Gasteiger partial charge in [-0.3, -0.25) is 0 Å². The van der Waals surface area contributed by atoms with Gasteiger partial charge >= 0.3 is 0 Å². The fraction of sp³-hybridized carbons (Fsp3) is 0.935. The fourth-order valence-electron chi connectivity index (χ4n) is 5.28. The number of nitrogens with zero attached hydrogens (tertiary/aromatic N) is 2. The number of hydrogen-bond donors (Lipinski definition) is 0. The molecule has 0 amide bonds. The fourth-order valence-corrected chi connectivity index (χ4v) is 5.28. The summed E-state index contributed by atoms with van der Waals surface area (Å²) >= 11 is 0. The lowest BCUT2D eigenvalue weighted by atomic mass is 10.0. The van der Waals surface area contributed by atoms with Gasteiger partial charge in [0.2, 0.25) is 0 Å². The van der Waals surface area contributed by atoms with Gasteiger partial charge in [0.15, 0.2) is 0 Å². The number of rotatable bonds is 25. The first-order chi connectivity index (χ1) is 16.3. The topological polar surface area (TPSA) is 6.48 Å². The summed E-state index contributed by atoms with van der Waals surface area (Å²) in [6.07, 6.45) is 38.1. The monoisotopic (exact) mass is 462 g/mol.